The van der Waals surface area contributed by atoms with E-state index < -0.39 is 5.60 Å². The van der Waals surface area contributed by atoms with E-state index in [-0.39, 0.29) is 11.2 Å². The van der Waals surface area contributed by atoms with Crippen LogP contribution in [0.2, 0.25) is 0 Å². The molecule has 2 nitrogen and oxygen atoms in total. The van der Waals surface area contributed by atoms with Crippen molar-refractivity contribution in [1.29, 1.82) is 0 Å². The van der Waals surface area contributed by atoms with E-state index >= 15 is 0 Å². The molecule has 133 valence electrons. The molecular weight excluding hydrogens is 320 g/mol. The second-order valence-corrected chi connectivity index (χ2v) is 7.98. The van der Waals surface area contributed by atoms with E-state index in [1.54, 1.807) is 13.0 Å². The SMILES string of the molecule is CC#CC1(O)CCC2(Cc3ccccc3)c3ccc([O])cc3CCC2C1. The van der Waals surface area contributed by atoms with Crippen LogP contribution in [0.25, 0.3) is 0 Å². The van der Waals surface area contributed by atoms with Crippen molar-refractivity contribution in [2.45, 2.75) is 56.5 Å². The number of rotatable bonds is 2. The molecule has 4 rings (SSSR count). The molecule has 2 aromatic rings. The van der Waals surface area contributed by atoms with Gasteiger partial charge >= 0.3 is 0 Å². The molecule has 2 aliphatic rings. The van der Waals surface area contributed by atoms with Gasteiger partial charge in [0.15, 0.2) is 5.75 Å². The number of hydrogen-bond donors (Lipinski definition) is 1. The Hall–Kier alpha value is -2.24. The molecular formula is C24H25O2. The summed E-state index contributed by atoms with van der Waals surface area (Å²) in [7, 11) is 0. The first-order chi connectivity index (χ1) is 12.5. The van der Waals surface area contributed by atoms with E-state index in [1.807, 2.05) is 12.1 Å². The van der Waals surface area contributed by atoms with Crippen LogP contribution in [0.3, 0.4) is 0 Å². The number of hydrogen-bond acceptors (Lipinski definition) is 1. The number of aliphatic hydroxyl groups is 1. The topological polar surface area (TPSA) is 40.1 Å². The highest BCUT2D eigenvalue weighted by molar-refractivity contribution is 5.45. The zero-order valence-electron chi connectivity index (χ0n) is 15.3. The van der Waals surface area contributed by atoms with Crippen molar-refractivity contribution >= 4 is 0 Å². The van der Waals surface area contributed by atoms with Crippen LogP contribution in [0.1, 0.15) is 49.3 Å². The molecule has 0 spiro atoms. The Bertz CT molecular complexity index is 861. The zero-order chi connectivity index (χ0) is 18.2. The summed E-state index contributed by atoms with van der Waals surface area (Å²) in [6, 6.07) is 16.2. The van der Waals surface area contributed by atoms with Crippen LogP contribution in [-0.2, 0) is 23.4 Å². The summed E-state index contributed by atoms with van der Waals surface area (Å²) in [5, 5.41) is 22.9. The Labute approximate surface area is 155 Å². The third-order valence-electron chi connectivity index (χ3n) is 6.45. The van der Waals surface area contributed by atoms with Crippen LogP contribution in [-0.4, -0.2) is 10.7 Å². The second-order valence-electron chi connectivity index (χ2n) is 7.98. The average Bonchev–Trinajstić information content (AvgIpc) is 2.63. The largest absolute Gasteiger partial charge is 0.378 e. The molecule has 2 aromatic carbocycles. The predicted octanol–water partition coefficient (Wildman–Crippen LogP) is 4.81. The standard InChI is InChI=1S/C24H25O2/c1-2-12-23(26)13-14-24(16-18-6-4-3-5-7-18)20(17-23)9-8-19-15-21(25)10-11-22(19)24/h3-7,10-11,15,20,26H,8-9,13-14,16-17H2,1H3. The van der Waals surface area contributed by atoms with E-state index in [9.17, 15) is 10.2 Å². The van der Waals surface area contributed by atoms with Gasteiger partial charge in [-0.2, -0.15) is 0 Å². The van der Waals surface area contributed by atoms with Gasteiger partial charge in [-0.25, -0.2) is 0 Å². The Kier molecular flexibility index (Phi) is 4.29. The molecule has 2 heteroatoms. The smallest absolute Gasteiger partial charge is 0.178 e. The Morgan fingerprint density at radius 2 is 1.96 bits per heavy atom. The van der Waals surface area contributed by atoms with Crippen molar-refractivity contribution in [1.82, 2.24) is 0 Å². The number of aryl methyl sites for hydroxylation is 1. The lowest BCUT2D eigenvalue weighted by molar-refractivity contribution is -0.00806. The molecule has 0 amide bonds. The van der Waals surface area contributed by atoms with Gasteiger partial charge in [0.2, 0.25) is 0 Å². The third-order valence-corrected chi connectivity index (χ3v) is 6.45. The molecule has 1 saturated carbocycles. The Morgan fingerprint density at radius 1 is 1.15 bits per heavy atom. The minimum absolute atomic E-state index is 0.00963. The summed E-state index contributed by atoms with van der Waals surface area (Å²) >= 11 is 0. The molecule has 3 atom stereocenters. The average molecular weight is 345 g/mol. The first kappa shape index (κ1) is 17.2. The first-order valence-electron chi connectivity index (χ1n) is 9.55. The van der Waals surface area contributed by atoms with Crippen molar-refractivity contribution in [2.24, 2.45) is 5.92 Å². The van der Waals surface area contributed by atoms with Gasteiger partial charge < -0.3 is 5.11 Å². The molecule has 1 fully saturated rings. The zero-order valence-corrected chi connectivity index (χ0v) is 15.3. The van der Waals surface area contributed by atoms with Gasteiger partial charge in [-0.15, -0.1) is 5.92 Å². The molecule has 0 bridgehead atoms. The Balaban J connectivity index is 1.79. The number of benzene rings is 2. The summed E-state index contributed by atoms with van der Waals surface area (Å²) in [5.41, 5.74) is 2.98. The summed E-state index contributed by atoms with van der Waals surface area (Å²) in [4.78, 5) is 0. The van der Waals surface area contributed by atoms with Crippen LogP contribution in [0.5, 0.6) is 5.75 Å². The van der Waals surface area contributed by atoms with Crippen LogP contribution in [0.15, 0.2) is 48.5 Å². The van der Waals surface area contributed by atoms with E-state index in [0.717, 1.165) is 32.1 Å². The molecule has 26 heavy (non-hydrogen) atoms. The highest BCUT2D eigenvalue weighted by Gasteiger charge is 2.51. The van der Waals surface area contributed by atoms with Gasteiger partial charge in [0.25, 0.3) is 0 Å². The normalized spacial score (nSPS) is 29.8. The van der Waals surface area contributed by atoms with Gasteiger partial charge in [0, 0.05) is 5.41 Å². The summed E-state index contributed by atoms with van der Waals surface area (Å²) in [5.74, 6) is 6.46. The molecule has 1 N–H and O–H groups in total. The lowest BCUT2D eigenvalue weighted by Gasteiger charge is -2.52. The highest BCUT2D eigenvalue weighted by Crippen LogP contribution is 2.54. The monoisotopic (exact) mass is 345 g/mol. The van der Waals surface area contributed by atoms with E-state index in [2.05, 4.69) is 42.2 Å². The molecule has 0 aliphatic heterocycles. The van der Waals surface area contributed by atoms with Crippen LogP contribution in [0, 0.1) is 17.8 Å². The Morgan fingerprint density at radius 3 is 2.73 bits per heavy atom. The van der Waals surface area contributed by atoms with E-state index in [0.29, 0.717) is 12.3 Å². The van der Waals surface area contributed by atoms with Crippen molar-refractivity contribution in [2.75, 3.05) is 0 Å². The van der Waals surface area contributed by atoms with Crippen LogP contribution in [0.4, 0.5) is 0 Å². The van der Waals surface area contributed by atoms with Gasteiger partial charge in [-0.1, -0.05) is 42.3 Å². The summed E-state index contributed by atoms with van der Waals surface area (Å²) in [6.45, 7) is 1.80. The fourth-order valence-corrected chi connectivity index (χ4v) is 5.30. The third kappa shape index (κ3) is 2.91. The maximum Gasteiger partial charge on any atom is 0.178 e. The minimum atomic E-state index is -0.865. The molecule has 0 heterocycles. The lowest BCUT2D eigenvalue weighted by Crippen LogP contribution is -2.50. The lowest BCUT2D eigenvalue weighted by atomic mass is 9.52. The van der Waals surface area contributed by atoms with E-state index in [1.165, 1.54) is 16.7 Å². The maximum absolute atomic E-state index is 11.9. The number of fused-ring (bicyclic) bond motifs is 3. The fourth-order valence-electron chi connectivity index (χ4n) is 5.30. The predicted molar refractivity (Wildman–Crippen MR) is 102 cm³/mol. The van der Waals surface area contributed by atoms with Crippen LogP contribution >= 0.6 is 0 Å². The molecule has 3 unspecified atom stereocenters. The summed E-state index contributed by atoms with van der Waals surface area (Å²) < 4.78 is 0. The quantitative estimate of drug-likeness (QED) is 0.780. The van der Waals surface area contributed by atoms with E-state index in [4.69, 9.17) is 0 Å². The highest BCUT2D eigenvalue weighted by atomic mass is 16.3. The van der Waals surface area contributed by atoms with Gasteiger partial charge in [0.05, 0.1) is 0 Å². The van der Waals surface area contributed by atoms with Gasteiger partial charge in [-0.05, 0) is 80.2 Å². The van der Waals surface area contributed by atoms with Crippen molar-refractivity contribution < 1.29 is 10.2 Å². The molecule has 0 aromatic heterocycles. The molecule has 1 radical (unpaired) electrons. The molecule has 2 aliphatic carbocycles. The van der Waals surface area contributed by atoms with Gasteiger partial charge in [0.1, 0.15) is 5.60 Å². The fraction of sp³-hybridized carbons (Fsp3) is 0.417. The first-order valence-corrected chi connectivity index (χ1v) is 9.55. The van der Waals surface area contributed by atoms with Crippen LogP contribution < -0.4 is 0 Å². The van der Waals surface area contributed by atoms with Gasteiger partial charge in [-0.3, -0.25) is 5.11 Å². The maximum atomic E-state index is 11.9. The minimum Gasteiger partial charge on any atom is -0.378 e. The summed E-state index contributed by atoms with van der Waals surface area (Å²) in [6.07, 6.45) is 5.20. The second kappa shape index (κ2) is 6.49. The molecule has 0 saturated heterocycles. The van der Waals surface area contributed by atoms with Crippen molar-refractivity contribution in [3.63, 3.8) is 0 Å². The van der Waals surface area contributed by atoms with Crippen molar-refractivity contribution in [3.8, 4) is 17.6 Å². The van der Waals surface area contributed by atoms with Crippen molar-refractivity contribution in [3.05, 3.63) is 65.2 Å².